The first-order valence-corrected chi connectivity index (χ1v) is 12.0. The summed E-state index contributed by atoms with van der Waals surface area (Å²) < 4.78 is 2.19. The fraction of sp³-hybridized carbons (Fsp3) is 0.321. The van der Waals surface area contributed by atoms with Crippen LogP contribution in [0.5, 0.6) is 0 Å². The number of amides is 1. The number of pyridine rings is 2. The number of aryl methyl sites for hydroxylation is 3. The number of hydrogen-bond acceptors (Lipinski definition) is 4. The summed E-state index contributed by atoms with van der Waals surface area (Å²) in [5, 5.41) is 3.90. The quantitative estimate of drug-likeness (QED) is 0.373. The molecule has 0 bridgehead atoms. The van der Waals surface area contributed by atoms with Gasteiger partial charge in [0, 0.05) is 70.4 Å². The van der Waals surface area contributed by atoms with Gasteiger partial charge in [-0.05, 0) is 82.1 Å². The summed E-state index contributed by atoms with van der Waals surface area (Å²) in [6.07, 6.45) is 4.64. The standard InChI is InChI=1S/C28H33N5O2/c1-16(2)33-15-18(4)26-23(27(34)31-14-24-17(3)10-19(5)32-28(24)35)11-21(12-25(26)33)20-6-7-22(8-9-29)30-13-20/h6-7,10-13,15-16H,8-9,14,29H2,1-5H3,(H,31,34)(H,32,35). The molecule has 0 aliphatic carbocycles. The third-order valence-corrected chi connectivity index (χ3v) is 6.40. The lowest BCUT2D eigenvalue weighted by atomic mass is 9.98. The molecular formula is C28H33N5O2. The number of fused-ring (bicyclic) bond motifs is 1. The van der Waals surface area contributed by atoms with E-state index in [1.165, 1.54) is 0 Å². The van der Waals surface area contributed by atoms with Crippen molar-refractivity contribution in [2.24, 2.45) is 5.73 Å². The van der Waals surface area contributed by atoms with Crippen molar-refractivity contribution >= 4 is 16.8 Å². The lowest BCUT2D eigenvalue weighted by Gasteiger charge is -2.14. The lowest BCUT2D eigenvalue weighted by molar-refractivity contribution is 0.0952. The highest BCUT2D eigenvalue weighted by Crippen LogP contribution is 2.33. The molecule has 0 fully saturated rings. The summed E-state index contributed by atoms with van der Waals surface area (Å²) in [6.45, 7) is 10.7. The number of benzene rings is 1. The van der Waals surface area contributed by atoms with E-state index in [-0.39, 0.29) is 24.1 Å². The van der Waals surface area contributed by atoms with Crippen molar-refractivity contribution in [1.82, 2.24) is 19.9 Å². The van der Waals surface area contributed by atoms with Gasteiger partial charge in [0.1, 0.15) is 0 Å². The molecular weight excluding hydrogens is 438 g/mol. The molecule has 4 rings (SSSR count). The second-order valence-electron chi connectivity index (χ2n) is 9.43. The number of nitrogens with one attached hydrogen (secondary N) is 2. The number of aromatic nitrogens is 3. The average Bonchev–Trinajstić information content (AvgIpc) is 3.15. The fourth-order valence-corrected chi connectivity index (χ4v) is 4.62. The topological polar surface area (TPSA) is 106 Å². The van der Waals surface area contributed by atoms with Gasteiger partial charge in [0.2, 0.25) is 0 Å². The zero-order chi connectivity index (χ0) is 25.3. The number of rotatable bonds is 7. The Labute approximate surface area is 205 Å². The molecule has 7 heteroatoms. The van der Waals surface area contributed by atoms with Crippen LogP contribution in [0, 0.1) is 20.8 Å². The summed E-state index contributed by atoms with van der Waals surface area (Å²) in [4.78, 5) is 33.3. The predicted octanol–water partition coefficient (Wildman–Crippen LogP) is 4.33. The van der Waals surface area contributed by atoms with Crippen LogP contribution in [0.25, 0.3) is 22.0 Å². The third kappa shape index (κ3) is 4.91. The predicted molar refractivity (Wildman–Crippen MR) is 141 cm³/mol. The molecule has 0 atom stereocenters. The summed E-state index contributed by atoms with van der Waals surface area (Å²) in [5.74, 6) is -0.214. The Bertz CT molecular complexity index is 1450. The van der Waals surface area contributed by atoms with Crippen molar-refractivity contribution in [3.05, 3.63) is 86.7 Å². The number of nitrogens with zero attached hydrogens (tertiary/aromatic N) is 2. The van der Waals surface area contributed by atoms with E-state index in [2.05, 4.69) is 46.0 Å². The number of H-pyrrole nitrogens is 1. The molecule has 182 valence electrons. The summed E-state index contributed by atoms with van der Waals surface area (Å²) >= 11 is 0. The van der Waals surface area contributed by atoms with Gasteiger partial charge >= 0.3 is 0 Å². The maximum Gasteiger partial charge on any atom is 0.253 e. The Morgan fingerprint density at radius 3 is 2.51 bits per heavy atom. The van der Waals surface area contributed by atoms with Crippen LogP contribution >= 0.6 is 0 Å². The van der Waals surface area contributed by atoms with Crippen LogP contribution in [-0.2, 0) is 13.0 Å². The Hall–Kier alpha value is -3.71. The van der Waals surface area contributed by atoms with Gasteiger partial charge in [0.25, 0.3) is 11.5 Å². The van der Waals surface area contributed by atoms with Gasteiger partial charge < -0.3 is 20.6 Å². The third-order valence-electron chi connectivity index (χ3n) is 6.40. The van der Waals surface area contributed by atoms with Gasteiger partial charge in [-0.3, -0.25) is 14.6 Å². The highest BCUT2D eigenvalue weighted by atomic mass is 16.1. The Kier molecular flexibility index (Phi) is 6.89. The Morgan fingerprint density at radius 2 is 1.89 bits per heavy atom. The summed E-state index contributed by atoms with van der Waals surface area (Å²) in [7, 11) is 0. The first-order valence-electron chi connectivity index (χ1n) is 12.0. The van der Waals surface area contributed by atoms with Crippen molar-refractivity contribution in [3.8, 4) is 11.1 Å². The van der Waals surface area contributed by atoms with Crippen LogP contribution in [-0.4, -0.2) is 27.0 Å². The number of aromatic amines is 1. The monoisotopic (exact) mass is 471 g/mol. The molecule has 3 aromatic heterocycles. The average molecular weight is 472 g/mol. The van der Waals surface area contributed by atoms with Crippen LogP contribution in [0.3, 0.4) is 0 Å². The van der Waals surface area contributed by atoms with E-state index in [4.69, 9.17) is 5.73 Å². The molecule has 0 aliphatic rings. The van der Waals surface area contributed by atoms with Gasteiger partial charge in [-0.15, -0.1) is 0 Å². The van der Waals surface area contributed by atoms with Gasteiger partial charge in [-0.2, -0.15) is 0 Å². The molecule has 1 aromatic carbocycles. The maximum atomic E-state index is 13.5. The molecule has 3 heterocycles. The zero-order valence-electron chi connectivity index (χ0n) is 21.0. The highest BCUT2D eigenvalue weighted by Gasteiger charge is 2.19. The second kappa shape index (κ2) is 9.88. The molecule has 0 unspecified atom stereocenters. The summed E-state index contributed by atoms with van der Waals surface area (Å²) in [6, 6.07) is 10.2. The molecule has 7 nitrogen and oxygen atoms in total. The molecule has 1 amide bonds. The number of nitrogens with two attached hydrogens (primary N) is 1. The number of carbonyl (C=O) groups is 1. The van der Waals surface area contributed by atoms with E-state index in [9.17, 15) is 9.59 Å². The first-order chi connectivity index (χ1) is 16.7. The molecule has 0 aliphatic heterocycles. The van der Waals surface area contributed by atoms with Gasteiger partial charge in [-0.25, -0.2) is 0 Å². The molecule has 0 saturated heterocycles. The molecule has 0 radical (unpaired) electrons. The van der Waals surface area contributed by atoms with Gasteiger partial charge in [0.05, 0.1) is 0 Å². The molecule has 4 N–H and O–H groups in total. The highest BCUT2D eigenvalue weighted by molar-refractivity contribution is 6.09. The number of hydrogen-bond donors (Lipinski definition) is 3. The van der Waals surface area contributed by atoms with E-state index in [0.717, 1.165) is 51.0 Å². The minimum absolute atomic E-state index is 0.158. The second-order valence-corrected chi connectivity index (χ2v) is 9.43. The normalized spacial score (nSPS) is 11.4. The van der Waals surface area contributed by atoms with Crippen LogP contribution in [0.2, 0.25) is 0 Å². The SMILES string of the molecule is Cc1cc(C)c(CNC(=O)c2cc(-c3ccc(CCN)nc3)cc3c2c(C)cn3C(C)C)c(=O)[nH]1. The van der Waals surface area contributed by atoms with E-state index in [0.29, 0.717) is 17.7 Å². The van der Waals surface area contributed by atoms with E-state index < -0.39 is 0 Å². The van der Waals surface area contributed by atoms with Crippen molar-refractivity contribution < 1.29 is 4.79 Å². The van der Waals surface area contributed by atoms with E-state index in [1.807, 2.05) is 51.2 Å². The van der Waals surface area contributed by atoms with Crippen LogP contribution in [0.1, 0.15) is 58.3 Å². The van der Waals surface area contributed by atoms with Crippen molar-refractivity contribution in [2.45, 2.75) is 53.6 Å². The molecule has 0 saturated carbocycles. The maximum absolute atomic E-state index is 13.5. The van der Waals surface area contributed by atoms with E-state index in [1.54, 1.807) is 0 Å². The minimum Gasteiger partial charge on any atom is -0.348 e. The largest absolute Gasteiger partial charge is 0.348 e. The van der Waals surface area contributed by atoms with Crippen molar-refractivity contribution in [3.63, 3.8) is 0 Å². The lowest BCUT2D eigenvalue weighted by Crippen LogP contribution is -2.28. The summed E-state index contributed by atoms with van der Waals surface area (Å²) in [5.41, 5.74) is 13.1. The van der Waals surface area contributed by atoms with Crippen LogP contribution in [0.15, 0.2) is 47.5 Å². The Balaban J connectivity index is 1.78. The van der Waals surface area contributed by atoms with E-state index >= 15 is 0 Å². The molecule has 35 heavy (non-hydrogen) atoms. The zero-order valence-corrected chi connectivity index (χ0v) is 21.0. The van der Waals surface area contributed by atoms with Gasteiger partial charge in [0.15, 0.2) is 0 Å². The smallest absolute Gasteiger partial charge is 0.253 e. The van der Waals surface area contributed by atoms with Crippen LogP contribution < -0.4 is 16.6 Å². The van der Waals surface area contributed by atoms with Crippen molar-refractivity contribution in [1.29, 1.82) is 0 Å². The Morgan fingerprint density at radius 1 is 1.11 bits per heavy atom. The van der Waals surface area contributed by atoms with Crippen LogP contribution in [0.4, 0.5) is 0 Å². The molecule has 0 spiro atoms. The number of carbonyl (C=O) groups excluding carboxylic acids is 1. The molecule has 4 aromatic rings. The first kappa shape index (κ1) is 24.4. The fourth-order valence-electron chi connectivity index (χ4n) is 4.62. The van der Waals surface area contributed by atoms with Crippen molar-refractivity contribution in [2.75, 3.05) is 6.54 Å². The van der Waals surface area contributed by atoms with Gasteiger partial charge in [-0.1, -0.05) is 6.07 Å². The minimum atomic E-state index is -0.214.